The standard InChI is InChI=1S/C13H22ClN3/c1-5-12(6-2)17(8-7-14)13-11(4)15-9-10(3)16-13/h9,12H,5-8H2,1-4H3. The summed E-state index contributed by atoms with van der Waals surface area (Å²) < 4.78 is 0. The van der Waals surface area contributed by atoms with Crippen molar-refractivity contribution >= 4 is 17.4 Å². The molecule has 96 valence electrons. The van der Waals surface area contributed by atoms with Gasteiger partial charge >= 0.3 is 0 Å². The van der Waals surface area contributed by atoms with Gasteiger partial charge < -0.3 is 4.90 Å². The van der Waals surface area contributed by atoms with Gasteiger partial charge in [-0.05, 0) is 26.7 Å². The molecule has 0 aliphatic carbocycles. The van der Waals surface area contributed by atoms with Crippen LogP contribution < -0.4 is 4.90 Å². The van der Waals surface area contributed by atoms with E-state index < -0.39 is 0 Å². The first kappa shape index (κ1) is 14.2. The molecule has 0 spiro atoms. The quantitative estimate of drug-likeness (QED) is 0.730. The van der Waals surface area contributed by atoms with Crippen LogP contribution in [0.3, 0.4) is 0 Å². The van der Waals surface area contributed by atoms with Crippen molar-refractivity contribution in [1.29, 1.82) is 0 Å². The number of hydrogen-bond acceptors (Lipinski definition) is 3. The van der Waals surface area contributed by atoms with Crippen molar-refractivity contribution in [2.75, 3.05) is 17.3 Å². The Morgan fingerprint density at radius 2 is 1.94 bits per heavy atom. The molecule has 0 saturated carbocycles. The molecule has 0 N–H and O–H groups in total. The van der Waals surface area contributed by atoms with Crippen molar-refractivity contribution in [3.63, 3.8) is 0 Å². The van der Waals surface area contributed by atoms with E-state index in [0.29, 0.717) is 11.9 Å². The van der Waals surface area contributed by atoms with E-state index in [1.165, 1.54) is 0 Å². The lowest BCUT2D eigenvalue weighted by Crippen LogP contribution is -2.37. The average molecular weight is 256 g/mol. The third-order valence-corrected chi connectivity index (χ3v) is 3.20. The first-order chi connectivity index (χ1) is 8.13. The fourth-order valence-corrected chi connectivity index (χ4v) is 2.26. The Bertz CT molecular complexity index is 351. The van der Waals surface area contributed by atoms with E-state index in [2.05, 4.69) is 28.7 Å². The number of aryl methyl sites for hydroxylation is 2. The van der Waals surface area contributed by atoms with Gasteiger partial charge in [-0.2, -0.15) is 0 Å². The molecule has 1 aromatic heterocycles. The number of anilines is 1. The molecule has 4 heteroatoms. The minimum atomic E-state index is 0.489. The summed E-state index contributed by atoms with van der Waals surface area (Å²) in [5.74, 6) is 1.60. The van der Waals surface area contributed by atoms with Crippen molar-refractivity contribution in [2.45, 2.75) is 46.6 Å². The van der Waals surface area contributed by atoms with Gasteiger partial charge in [-0.25, -0.2) is 4.98 Å². The summed E-state index contributed by atoms with van der Waals surface area (Å²) in [6, 6.07) is 0.489. The first-order valence-corrected chi connectivity index (χ1v) is 6.80. The van der Waals surface area contributed by atoms with Gasteiger partial charge in [0.2, 0.25) is 0 Å². The molecule has 1 heterocycles. The van der Waals surface area contributed by atoms with Crippen LogP contribution >= 0.6 is 11.6 Å². The Balaban J connectivity index is 3.07. The van der Waals surface area contributed by atoms with Gasteiger partial charge in [0.15, 0.2) is 5.82 Å². The largest absolute Gasteiger partial charge is 0.351 e. The maximum atomic E-state index is 5.91. The molecule has 1 rings (SSSR count). The topological polar surface area (TPSA) is 29.0 Å². The number of halogens is 1. The van der Waals surface area contributed by atoms with Gasteiger partial charge in [0.25, 0.3) is 0 Å². The van der Waals surface area contributed by atoms with Crippen molar-refractivity contribution in [3.05, 3.63) is 17.6 Å². The fraction of sp³-hybridized carbons (Fsp3) is 0.692. The Morgan fingerprint density at radius 3 is 2.47 bits per heavy atom. The molecule has 1 aromatic rings. The summed E-state index contributed by atoms with van der Waals surface area (Å²) in [6.45, 7) is 9.21. The lowest BCUT2D eigenvalue weighted by atomic mass is 10.1. The molecule has 0 aromatic carbocycles. The lowest BCUT2D eigenvalue weighted by molar-refractivity contribution is 0.560. The minimum absolute atomic E-state index is 0.489. The summed E-state index contributed by atoms with van der Waals surface area (Å²) in [5.41, 5.74) is 1.93. The Morgan fingerprint density at radius 1 is 1.29 bits per heavy atom. The van der Waals surface area contributed by atoms with Crippen LogP contribution in [0.2, 0.25) is 0 Å². The van der Waals surface area contributed by atoms with Crippen molar-refractivity contribution in [1.82, 2.24) is 9.97 Å². The van der Waals surface area contributed by atoms with Crippen molar-refractivity contribution in [2.24, 2.45) is 0 Å². The highest BCUT2D eigenvalue weighted by atomic mass is 35.5. The molecule has 0 aliphatic heterocycles. The van der Waals surface area contributed by atoms with E-state index >= 15 is 0 Å². The molecular weight excluding hydrogens is 234 g/mol. The van der Waals surface area contributed by atoms with Gasteiger partial charge in [-0.15, -0.1) is 11.6 Å². The first-order valence-electron chi connectivity index (χ1n) is 6.26. The average Bonchev–Trinajstić information content (AvgIpc) is 2.33. The highest BCUT2D eigenvalue weighted by Gasteiger charge is 2.18. The van der Waals surface area contributed by atoms with E-state index in [1.54, 1.807) is 0 Å². The number of nitrogens with zero attached hydrogens (tertiary/aromatic N) is 3. The fourth-order valence-electron chi connectivity index (χ4n) is 2.08. The summed E-state index contributed by atoms with van der Waals surface area (Å²) in [5, 5.41) is 0. The zero-order chi connectivity index (χ0) is 12.8. The van der Waals surface area contributed by atoms with Crippen LogP contribution in [0.25, 0.3) is 0 Å². The third kappa shape index (κ3) is 3.56. The van der Waals surface area contributed by atoms with E-state index in [0.717, 1.165) is 36.6 Å². The molecule has 17 heavy (non-hydrogen) atoms. The van der Waals surface area contributed by atoms with E-state index in [1.807, 2.05) is 20.0 Å². The molecule has 0 radical (unpaired) electrons. The maximum Gasteiger partial charge on any atom is 0.150 e. The summed E-state index contributed by atoms with van der Waals surface area (Å²) in [4.78, 5) is 11.3. The van der Waals surface area contributed by atoms with Crippen LogP contribution in [0.15, 0.2) is 6.20 Å². The summed E-state index contributed by atoms with van der Waals surface area (Å²) in [6.07, 6.45) is 4.01. The second kappa shape index (κ2) is 6.80. The SMILES string of the molecule is CCC(CC)N(CCCl)c1nc(C)cnc1C. The van der Waals surface area contributed by atoms with Crippen LogP contribution in [0.5, 0.6) is 0 Å². The molecule has 3 nitrogen and oxygen atoms in total. The highest BCUT2D eigenvalue weighted by Crippen LogP contribution is 2.21. The molecule has 0 unspecified atom stereocenters. The molecule has 0 fully saturated rings. The predicted molar refractivity (Wildman–Crippen MR) is 73.9 cm³/mol. The van der Waals surface area contributed by atoms with Gasteiger partial charge in [0.05, 0.1) is 11.4 Å². The highest BCUT2D eigenvalue weighted by molar-refractivity contribution is 6.18. The lowest BCUT2D eigenvalue weighted by Gasteiger charge is -2.31. The maximum absolute atomic E-state index is 5.91. The van der Waals surface area contributed by atoms with Crippen LogP contribution in [0, 0.1) is 13.8 Å². The zero-order valence-electron chi connectivity index (χ0n) is 11.2. The predicted octanol–water partition coefficient (Wildman–Crippen LogP) is 3.33. The van der Waals surface area contributed by atoms with E-state index in [-0.39, 0.29) is 0 Å². The van der Waals surface area contributed by atoms with E-state index in [9.17, 15) is 0 Å². The smallest absolute Gasteiger partial charge is 0.150 e. The van der Waals surface area contributed by atoms with Crippen molar-refractivity contribution < 1.29 is 0 Å². The molecule has 0 aliphatic rings. The number of rotatable bonds is 6. The van der Waals surface area contributed by atoms with E-state index in [4.69, 9.17) is 11.6 Å². The third-order valence-electron chi connectivity index (χ3n) is 3.03. The molecule has 0 saturated heterocycles. The van der Waals surface area contributed by atoms with Gasteiger partial charge in [-0.1, -0.05) is 13.8 Å². The van der Waals surface area contributed by atoms with Crippen LogP contribution in [0.1, 0.15) is 38.1 Å². The Labute approximate surface area is 109 Å². The summed E-state index contributed by atoms with van der Waals surface area (Å²) in [7, 11) is 0. The van der Waals surface area contributed by atoms with Gasteiger partial charge in [0, 0.05) is 24.7 Å². The monoisotopic (exact) mass is 255 g/mol. The van der Waals surface area contributed by atoms with Gasteiger partial charge in [-0.3, -0.25) is 4.98 Å². The second-order valence-corrected chi connectivity index (χ2v) is 4.65. The van der Waals surface area contributed by atoms with Crippen LogP contribution in [0.4, 0.5) is 5.82 Å². The zero-order valence-corrected chi connectivity index (χ0v) is 12.0. The normalized spacial score (nSPS) is 10.9. The molecule has 0 bridgehead atoms. The molecular formula is C13H22ClN3. The summed E-state index contributed by atoms with van der Waals surface area (Å²) >= 11 is 5.91. The Hall–Kier alpha value is -0.830. The number of alkyl halides is 1. The van der Waals surface area contributed by atoms with Gasteiger partial charge in [0.1, 0.15) is 0 Å². The second-order valence-electron chi connectivity index (χ2n) is 4.27. The minimum Gasteiger partial charge on any atom is -0.351 e. The molecule has 0 atom stereocenters. The molecule has 0 amide bonds. The van der Waals surface area contributed by atoms with Crippen LogP contribution in [-0.2, 0) is 0 Å². The van der Waals surface area contributed by atoms with Crippen molar-refractivity contribution in [3.8, 4) is 0 Å². The number of aromatic nitrogens is 2. The van der Waals surface area contributed by atoms with Crippen LogP contribution in [-0.4, -0.2) is 28.4 Å². The number of hydrogen-bond donors (Lipinski definition) is 0. The Kier molecular flexibility index (Phi) is 5.69.